The van der Waals surface area contributed by atoms with Crippen LogP contribution >= 0.6 is 0 Å². The Kier molecular flexibility index (Phi) is 3.90. The predicted octanol–water partition coefficient (Wildman–Crippen LogP) is 5.33. The van der Waals surface area contributed by atoms with Crippen molar-refractivity contribution in [3.05, 3.63) is 30.4 Å². The van der Waals surface area contributed by atoms with Crippen LogP contribution < -0.4 is 0 Å². The van der Waals surface area contributed by atoms with Gasteiger partial charge in [0.15, 0.2) is 0 Å². The number of hydrogen-bond donors (Lipinski definition) is 0. The van der Waals surface area contributed by atoms with Crippen LogP contribution in [0.3, 0.4) is 0 Å². The van der Waals surface area contributed by atoms with Gasteiger partial charge in [0.25, 0.3) is 0 Å². The van der Waals surface area contributed by atoms with Crippen molar-refractivity contribution >= 4 is 11.4 Å². The van der Waals surface area contributed by atoms with E-state index in [2.05, 4.69) is 42.9 Å². The molecule has 7 atom stereocenters. The zero-order valence-corrected chi connectivity index (χ0v) is 16.9. The van der Waals surface area contributed by atoms with Crippen molar-refractivity contribution in [3.8, 4) is 0 Å². The van der Waals surface area contributed by atoms with E-state index in [-0.39, 0.29) is 5.41 Å². The topological polar surface area (TPSA) is 42.9 Å². The van der Waals surface area contributed by atoms with Gasteiger partial charge >= 0.3 is 0 Å². The first-order valence-electron chi connectivity index (χ1n) is 10.9. The highest BCUT2D eigenvalue weighted by molar-refractivity contribution is 5.79. The lowest BCUT2D eigenvalue weighted by Gasteiger charge is -2.62. The van der Waals surface area contributed by atoms with Crippen molar-refractivity contribution in [2.45, 2.75) is 65.7 Å². The number of carbonyl (C=O) groups excluding carboxylic acids is 1. The van der Waals surface area contributed by atoms with E-state index in [1.54, 1.807) is 6.33 Å². The van der Waals surface area contributed by atoms with E-state index in [4.69, 9.17) is 0 Å². The summed E-state index contributed by atoms with van der Waals surface area (Å²) in [5.74, 6) is 4.16. The van der Waals surface area contributed by atoms with Crippen LogP contribution in [0.1, 0.15) is 71.4 Å². The standard InChI is InChI=1S/C24H32N2O/c1-15-12-16-13-17(27)6-9-23(16,2)20-7-10-24(3)18(4-5-19(24)22(15)20)21-8-11-25-14-26-21/h4,8,11,14-16,19-20,22H,5-7,9-10,12-13H2,1-3H3/t15?,16?,19-,20+,22-,23-,24+/m0/s1. The van der Waals surface area contributed by atoms with Crippen LogP contribution in [0.5, 0.6) is 0 Å². The molecule has 5 rings (SSSR count). The van der Waals surface area contributed by atoms with Crippen molar-refractivity contribution in [2.75, 3.05) is 0 Å². The number of hydrogen-bond acceptors (Lipinski definition) is 3. The molecule has 3 saturated carbocycles. The third kappa shape index (κ3) is 2.42. The lowest BCUT2D eigenvalue weighted by atomic mass is 9.42. The van der Waals surface area contributed by atoms with Gasteiger partial charge < -0.3 is 0 Å². The molecule has 0 amide bonds. The fourth-order valence-corrected chi connectivity index (χ4v) is 7.85. The summed E-state index contributed by atoms with van der Waals surface area (Å²) in [6.07, 6.45) is 13.9. The summed E-state index contributed by atoms with van der Waals surface area (Å²) in [7, 11) is 0. The van der Waals surface area contributed by atoms with Gasteiger partial charge in [0, 0.05) is 19.0 Å². The molecule has 4 aliphatic carbocycles. The van der Waals surface area contributed by atoms with Crippen LogP contribution in [0.25, 0.3) is 5.57 Å². The highest BCUT2D eigenvalue weighted by Gasteiger charge is 2.60. The molecule has 0 aliphatic heterocycles. The maximum atomic E-state index is 12.1. The Balaban J connectivity index is 1.49. The van der Waals surface area contributed by atoms with Crippen LogP contribution in [-0.4, -0.2) is 15.8 Å². The number of Topliss-reactive ketones (excluding diaryl/α,β-unsaturated/α-hetero) is 1. The van der Waals surface area contributed by atoms with Gasteiger partial charge in [-0.25, -0.2) is 9.97 Å². The van der Waals surface area contributed by atoms with E-state index in [0.29, 0.717) is 17.1 Å². The molecule has 0 radical (unpaired) electrons. The van der Waals surface area contributed by atoms with E-state index in [1.807, 2.05) is 6.20 Å². The molecule has 1 aromatic rings. The molecular weight excluding hydrogens is 332 g/mol. The monoisotopic (exact) mass is 364 g/mol. The number of fused-ring (bicyclic) bond motifs is 5. The molecule has 0 aromatic carbocycles. The number of carbonyl (C=O) groups is 1. The van der Waals surface area contributed by atoms with E-state index in [0.717, 1.165) is 48.6 Å². The number of aromatic nitrogens is 2. The van der Waals surface area contributed by atoms with Gasteiger partial charge in [0.2, 0.25) is 0 Å². The molecule has 27 heavy (non-hydrogen) atoms. The van der Waals surface area contributed by atoms with E-state index < -0.39 is 0 Å². The Bertz CT molecular complexity index is 787. The van der Waals surface area contributed by atoms with Crippen molar-refractivity contribution in [1.29, 1.82) is 0 Å². The second-order valence-electron chi connectivity index (χ2n) is 10.4. The Morgan fingerprint density at radius 2 is 2.04 bits per heavy atom. The zero-order valence-electron chi connectivity index (χ0n) is 16.9. The Morgan fingerprint density at radius 1 is 1.19 bits per heavy atom. The molecular formula is C24H32N2O. The zero-order chi connectivity index (χ0) is 18.8. The van der Waals surface area contributed by atoms with Gasteiger partial charge in [0.05, 0.1) is 5.69 Å². The minimum Gasteiger partial charge on any atom is -0.300 e. The summed E-state index contributed by atoms with van der Waals surface area (Å²) >= 11 is 0. The van der Waals surface area contributed by atoms with Gasteiger partial charge in [-0.05, 0) is 84.2 Å². The van der Waals surface area contributed by atoms with Gasteiger partial charge in [-0.2, -0.15) is 0 Å². The fraction of sp³-hybridized carbons (Fsp3) is 0.708. The molecule has 3 fully saturated rings. The second kappa shape index (κ2) is 5.99. The first-order chi connectivity index (χ1) is 12.9. The lowest BCUT2D eigenvalue weighted by molar-refractivity contribution is -0.144. The average molecular weight is 365 g/mol. The highest BCUT2D eigenvalue weighted by Crippen LogP contribution is 2.68. The molecule has 4 aliphatic rings. The molecule has 3 nitrogen and oxygen atoms in total. The van der Waals surface area contributed by atoms with E-state index in [9.17, 15) is 4.79 Å². The summed E-state index contributed by atoms with van der Waals surface area (Å²) in [5, 5.41) is 0. The van der Waals surface area contributed by atoms with Crippen molar-refractivity contribution in [2.24, 2.45) is 40.4 Å². The summed E-state index contributed by atoms with van der Waals surface area (Å²) in [5.41, 5.74) is 3.22. The van der Waals surface area contributed by atoms with E-state index >= 15 is 0 Å². The molecule has 1 heterocycles. The van der Waals surface area contributed by atoms with Crippen molar-refractivity contribution < 1.29 is 4.79 Å². The van der Waals surface area contributed by atoms with Gasteiger partial charge in [-0.15, -0.1) is 0 Å². The minimum atomic E-state index is 0.247. The van der Waals surface area contributed by atoms with Crippen LogP contribution in [-0.2, 0) is 4.79 Å². The number of allylic oxidation sites excluding steroid dienone is 2. The summed E-state index contributed by atoms with van der Waals surface area (Å²) < 4.78 is 0. The van der Waals surface area contributed by atoms with Gasteiger partial charge in [-0.3, -0.25) is 4.79 Å². The van der Waals surface area contributed by atoms with Gasteiger partial charge in [-0.1, -0.05) is 26.8 Å². The van der Waals surface area contributed by atoms with Crippen LogP contribution in [0.2, 0.25) is 0 Å². The summed E-state index contributed by atoms with van der Waals surface area (Å²) in [6, 6.07) is 2.08. The number of rotatable bonds is 1. The molecule has 0 spiro atoms. The summed E-state index contributed by atoms with van der Waals surface area (Å²) in [4.78, 5) is 20.8. The first kappa shape index (κ1) is 17.6. The van der Waals surface area contributed by atoms with Crippen LogP contribution in [0.15, 0.2) is 24.7 Å². The Morgan fingerprint density at radius 3 is 2.81 bits per heavy atom. The first-order valence-corrected chi connectivity index (χ1v) is 10.9. The van der Waals surface area contributed by atoms with Crippen molar-refractivity contribution in [1.82, 2.24) is 9.97 Å². The van der Waals surface area contributed by atoms with Crippen molar-refractivity contribution in [3.63, 3.8) is 0 Å². The molecule has 0 saturated heterocycles. The number of nitrogens with zero attached hydrogens (tertiary/aromatic N) is 2. The summed E-state index contributed by atoms with van der Waals surface area (Å²) in [6.45, 7) is 7.51. The maximum Gasteiger partial charge on any atom is 0.133 e. The Labute approximate surface area is 163 Å². The maximum absolute atomic E-state index is 12.1. The minimum absolute atomic E-state index is 0.247. The normalized spacial score (nSPS) is 46.3. The third-order valence-electron chi connectivity index (χ3n) is 9.28. The molecule has 1 aromatic heterocycles. The molecule has 2 unspecified atom stereocenters. The predicted molar refractivity (Wildman–Crippen MR) is 107 cm³/mol. The SMILES string of the molecule is CC1CC2CC(=O)CC[C@]2(C)[C@@H]2CC[C@]3(C)C(c4ccncn4)=CC[C@H]3[C@H]12. The quantitative estimate of drug-likeness (QED) is 0.676. The number of ketones is 1. The largest absolute Gasteiger partial charge is 0.300 e. The van der Waals surface area contributed by atoms with E-state index in [1.165, 1.54) is 31.3 Å². The molecule has 144 valence electrons. The fourth-order valence-electron chi connectivity index (χ4n) is 7.85. The average Bonchev–Trinajstić information content (AvgIpc) is 3.01. The van der Waals surface area contributed by atoms with Crippen LogP contribution in [0.4, 0.5) is 0 Å². The van der Waals surface area contributed by atoms with Crippen LogP contribution in [0, 0.1) is 40.4 Å². The molecule has 0 bridgehead atoms. The smallest absolute Gasteiger partial charge is 0.133 e. The Hall–Kier alpha value is -1.51. The highest BCUT2D eigenvalue weighted by atomic mass is 16.1. The molecule has 0 N–H and O–H groups in total. The lowest BCUT2D eigenvalue weighted by Crippen LogP contribution is -2.55. The third-order valence-corrected chi connectivity index (χ3v) is 9.28. The van der Waals surface area contributed by atoms with Gasteiger partial charge in [0.1, 0.15) is 12.1 Å². The molecule has 3 heteroatoms. The second-order valence-corrected chi connectivity index (χ2v) is 10.4.